The van der Waals surface area contributed by atoms with Gasteiger partial charge in [-0.25, -0.2) is 24.5 Å². The van der Waals surface area contributed by atoms with Crippen LogP contribution in [0.25, 0.3) is 5.82 Å². The second-order valence-corrected chi connectivity index (χ2v) is 11.3. The van der Waals surface area contributed by atoms with Crippen molar-refractivity contribution in [3.05, 3.63) is 76.8 Å². The normalized spacial score (nSPS) is 24.3. The first-order valence-electron chi connectivity index (χ1n) is 14.0. The molecule has 2 atom stereocenters. The third kappa shape index (κ3) is 5.84. The van der Waals surface area contributed by atoms with Gasteiger partial charge in [-0.1, -0.05) is 6.07 Å². The standard InChI is InChI=1S/C30H36FN9O2/c1-18-12-23(14-32)26(36-27(18)37-29(4)13-19(2)38-39-29)21-8-10-30(42-5,11-9-21)28(41)35-20(3)22-6-7-25(33-15-22)40-17-24(31)16-34-40/h6-7,12-13,15-17,20-21,38-39H,8-11H2,1-5H3,(H,35,41)(H,36,37)/t20-,21?,29?,30?/m0/s1. The van der Waals surface area contributed by atoms with E-state index in [-0.39, 0.29) is 17.9 Å². The predicted octanol–water partition coefficient (Wildman–Crippen LogP) is 4.04. The zero-order chi connectivity index (χ0) is 30.1. The number of halogens is 1. The topological polar surface area (TPSA) is 142 Å². The number of aromatic nitrogens is 4. The lowest BCUT2D eigenvalue weighted by atomic mass is 9.75. The molecule has 5 rings (SSSR count). The van der Waals surface area contributed by atoms with E-state index in [1.165, 1.54) is 10.9 Å². The number of ether oxygens (including phenoxy) is 1. The molecule has 0 radical (unpaired) electrons. The number of amides is 1. The third-order valence-corrected chi connectivity index (χ3v) is 8.15. The molecule has 0 bridgehead atoms. The zero-order valence-electron chi connectivity index (χ0n) is 24.5. The fourth-order valence-electron chi connectivity index (χ4n) is 5.71. The van der Waals surface area contributed by atoms with Crippen molar-refractivity contribution in [2.24, 2.45) is 0 Å². The Balaban J connectivity index is 1.27. The Morgan fingerprint density at radius 3 is 2.62 bits per heavy atom. The Bertz CT molecular complexity index is 1540. The number of methoxy groups -OCH3 is 1. The molecule has 11 nitrogen and oxygen atoms in total. The number of pyridine rings is 2. The Morgan fingerprint density at radius 1 is 1.29 bits per heavy atom. The van der Waals surface area contributed by atoms with Gasteiger partial charge in [-0.2, -0.15) is 10.4 Å². The van der Waals surface area contributed by atoms with Crippen LogP contribution in [0, 0.1) is 24.1 Å². The van der Waals surface area contributed by atoms with Gasteiger partial charge in [0.05, 0.1) is 29.7 Å². The summed E-state index contributed by atoms with van der Waals surface area (Å²) in [6.07, 6.45) is 8.32. The highest BCUT2D eigenvalue weighted by Crippen LogP contribution is 2.41. The molecule has 3 aromatic heterocycles. The van der Waals surface area contributed by atoms with Crippen LogP contribution < -0.4 is 21.5 Å². The molecule has 1 saturated carbocycles. The molecular weight excluding hydrogens is 537 g/mol. The smallest absolute Gasteiger partial charge is 0.252 e. The van der Waals surface area contributed by atoms with Gasteiger partial charge < -0.3 is 20.8 Å². The average Bonchev–Trinajstić information content (AvgIpc) is 3.58. The van der Waals surface area contributed by atoms with Gasteiger partial charge in [0.25, 0.3) is 5.91 Å². The first kappa shape index (κ1) is 29.2. The van der Waals surface area contributed by atoms with Gasteiger partial charge in [0.15, 0.2) is 11.6 Å². The van der Waals surface area contributed by atoms with Gasteiger partial charge in [0, 0.05) is 24.9 Å². The van der Waals surface area contributed by atoms with Crippen molar-refractivity contribution < 1.29 is 13.9 Å². The summed E-state index contributed by atoms with van der Waals surface area (Å²) >= 11 is 0. The van der Waals surface area contributed by atoms with Crippen molar-refractivity contribution in [1.29, 1.82) is 5.26 Å². The van der Waals surface area contributed by atoms with Crippen LogP contribution in [0.2, 0.25) is 0 Å². The second-order valence-electron chi connectivity index (χ2n) is 11.3. The van der Waals surface area contributed by atoms with Gasteiger partial charge in [0.1, 0.15) is 23.2 Å². The molecule has 1 fully saturated rings. The lowest BCUT2D eigenvalue weighted by Gasteiger charge is -2.38. The number of carbonyl (C=O) groups is 1. The quantitative estimate of drug-likeness (QED) is 0.314. The maximum Gasteiger partial charge on any atom is 0.252 e. The molecule has 0 spiro atoms. The minimum absolute atomic E-state index is 0.0120. The number of aryl methyl sites for hydroxylation is 1. The number of carbonyl (C=O) groups excluding carboxylic acids is 1. The van der Waals surface area contributed by atoms with Crippen LogP contribution in [-0.4, -0.2) is 44.0 Å². The summed E-state index contributed by atoms with van der Waals surface area (Å²) in [5, 5.41) is 20.4. The van der Waals surface area contributed by atoms with Crippen molar-refractivity contribution >= 4 is 11.7 Å². The van der Waals surface area contributed by atoms with Crippen molar-refractivity contribution in [1.82, 2.24) is 35.9 Å². The summed E-state index contributed by atoms with van der Waals surface area (Å²) in [4.78, 5) is 22.8. The molecule has 4 heterocycles. The maximum absolute atomic E-state index is 13.5. The molecule has 1 amide bonds. The monoisotopic (exact) mass is 573 g/mol. The summed E-state index contributed by atoms with van der Waals surface area (Å²) in [6, 6.07) is 7.42. The van der Waals surface area contributed by atoms with E-state index in [0.717, 1.165) is 28.7 Å². The van der Waals surface area contributed by atoms with E-state index in [1.807, 2.05) is 45.9 Å². The highest BCUT2D eigenvalue weighted by Gasteiger charge is 2.43. The molecule has 42 heavy (non-hydrogen) atoms. The molecule has 1 aliphatic heterocycles. The third-order valence-electron chi connectivity index (χ3n) is 8.15. The van der Waals surface area contributed by atoms with Gasteiger partial charge in [-0.3, -0.25) is 4.79 Å². The minimum atomic E-state index is -0.988. The Labute approximate surface area is 244 Å². The van der Waals surface area contributed by atoms with Gasteiger partial charge in [-0.15, -0.1) is 0 Å². The fraction of sp³-hybridized carbons (Fsp3) is 0.433. The van der Waals surface area contributed by atoms with Crippen LogP contribution in [0.1, 0.15) is 80.8 Å². The molecule has 12 heteroatoms. The Morgan fingerprint density at radius 2 is 2.05 bits per heavy atom. The summed E-state index contributed by atoms with van der Waals surface area (Å²) in [6.45, 7) is 7.80. The lowest BCUT2D eigenvalue weighted by molar-refractivity contribution is -0.148. The summed E-state index contributed by atoms with van der Waals surface area (Å²) in [7, 11) is 1.57. The molecule has 220 valence electrons. The zero-order valence-corrected chi connectivity index (χ0v) is 24.5. The van der Waals surface area contributed by atoms with E-state index in [1.54, 1.807) is 19.4 Å². The van der Waals surface area contributed by atoms with E-state index in [9.17, 15) is 14.4 Å². The van der Waals surface area contributed by atoms with Gasteiger partial charge >= 0.3 is 0 Å². The molecule has 4 N–H and O–H groups in total. The first-order valence-corrected chi connectivity index (χ1v) is 14.0. The molecule has 3 aromatic rings. The van der Waals surface area contributed by atoms with Crippen molar-refractivity contribution in [3.63, 3.8) is 0 Å². The molecule has 0 aromatic carbocycles. The van der Waals surface area contributed by atoms with E-state index >= 15 is 0 Å². The summed E-state index contributed by atoms with van der Waals surface area (Å²) in [5.74, 6) is 0.562. The van der Waals surface area contributed by atoms with Crippen LogP contribution >= 0.6 is 0 Å². The maximum atomic E-state index is 13.5. The van der Waals surface area contributed by atoms with Gasteiger partial charge in [0.2, 0.25) is 0 Å². The van der Waals surface area contributed by atoms with E-state index < -0.39 is 17.1 Å². The number of nitrogens with zero attached hydrogens (tertiary/aromatic N) is 5. The van der Waals surface area contributed by atoms with E-state index in [0.29, 0.717) is 42.9 Å². The highest BCUT2D eigenvalue weighted by atomic mass is 19.1. The first-order chi connectivity index (χ1) is 20.0. The molecule has 0 saturated heterocycles. The van der Waals surface area contributed by atoms with Crippen molar-refractivity contribution in [3.8, 4) is 11.9 Å². The number of hydrogen-bond donors (Lipinski definition) is 4. The van der Waals surface area contributed by atoms with E-state index in [2.05, 4.69) is 37.6 Å². The minimum Gasteiger partial charge on any atom is -0.368 e. The fourth-order valence-corrected chi connectivity index (χ4v) is 5.71. The van der Waals surface area contributed by atoms with Crippen LogP contribution in [0.5, 0.6) is 0 Å². The van der Waals surface area contributed by atoms with Crippen LogP contribution in [0.4, 0.5) is 10.2 Å². The number of hydrazine groups is 1. The number of nitrogens with one attached hydrogen (secondary N) is 4. The number of hydrogen-bond acceptors (Lipinski definition) is 9. The average molecular weight is 574 g/mol. The van der Waals surface area contributed by atoms with Crippen LogP contribution in [0.3, 0.4) is 0 Å². The number of allylic oxidation sites excluding steroid dienone is 1. The summed E-state index contributed by atoms with van der Waals surface area (Å²) in [5.41, 5.74) is 8.79. The number of rotatable bonds is 8. The van der Waals surface area contributed by atoms with Gasteiger partial charge in [-0.05, 0) is 82.7 Å². The highest BCUT2D eigenvalue weighted by molar-refractivity contribution is 5.85. The lowest BCUT2D eigenvalue weighted by Crippen LogP contribution is -2.51. The number of anilines is 1. The Kier molecular flexibility index (Phi) is 7.99. The largest absolute Gasteiger partial charge is 0.368 e. The van der Waals surface area contributed by atoms with Crippen LogP contribution in [0.15, 0.2) is 48.6 Å². The van der Waals surface area contributed by atoms with Crippen molar-refractivity contribution in [2.75, 3.05) is 12.4 Å². The molecule has 1 unspecified atom stereocenters. The number of nitriles is 1. The van der Waals surface area contributed by atoms with Crippen molar-refractivity contribution in [2.45, 2.75) is 76.6 Å². The summed E-state index contributed by atoms with van der Waals surface area (Å²) < 4.78 is 20.5. The predicted molar refractivity (Wildman–Crippen MR) is 155 cm³/mol. The molecular formula is C30H36FN9O2. The Hall–Kier alpha value is -4.34. The van der Waals surface area contributed by atoms with Crippen LogP contribution in [-0.2, 0) is 9.53 Å². The molecule has 2 aliphatic rings. The van der Waals surface area contributed by atoms with E-state index in [4.69, 9.17) is 9.72 Å². The SMILES string of the molecule is COC1(C(=O)N[C@@H](C)c2ccc(-n3cc(F)cn3)nc2)CCC(c2nc(NC3(C)C=C(C)NN3)c(C)cc2C#N)CC1. The molecule has 1 aliphatic carbocycles. The second kappa shape index (κ2) is 11.5.